The third-order valence-electron chi connectivity index (χ3n) is 4.05. The van der Waals surface area contributed by atoms with Crippen LogP contribution in [0.3, 0.4) is 0 Å². The number of nitrogens with zero attached hydrogens (tertiary/aromatic N) is 4. The van der Waals surface area contributed by atoms with Gasteiger partial charge in [-0.2, -0.15) is 4.98 Å². The van der Waals surface area contributed by atoms with Crippen molar-refractivity contribution >= 4 is 17.4 Å². The molecule has 1 aromatic carbocycles. The van der Waals surface area contributed by atoms with E-state index in [-0.39, 0.29) is 0 Å². The Morgan fingerprint density at radius 2 is 2.08 bits per heavy atom. The molecule has 0 saturated carbocycles. The highest BCUT2D eigenvalue weighted by Gasteiger charge is 2.25. The normalized spacial score (nSPS) is 15.2. The summed E-state index contributed by atoms with van der Waals surface area (Å²) in [5, 5.41) is 12.8. The Morgan fingerprint density at radius 1 is 1.15 bits per heavy atom. The Bertz CT molecular complexity index is 890. The van der Waals surface area contributed by atoms with Gasteiger partial charge in [0.25, 0.3) is 0 Å². The van der Waals surface area contributed by atoms with Gasteiger partial charge in [-0.05, 0) is 18.6 Å². The summed E-state index contributed by atoms with van der Waals surface area (Å²) in [5.41, 5.74) is 3.44. The smallest absolute Gasteiger partial charge is 0.247 e. The molecule has 1 N–H and O–H groups in total. The van der Waals surface area contributed by atoms with Crippen LogP contribution in [0.1, 0.15) is 31.6 Å². The zero-order chi connectivity index (χ0) is 17.8. The maximum atomic E-state index is 6.19. The number of aromatic nitrogens is 4. The van der Waals surface area contributed by atoms with E-state index in [0.717, 1.165) is 35.4 Å². The first-order chi connectivity index (χ1) is 12.8. The molecule has 0 spiro atoms. The Hall–Kier alpha value is -2.67. The third-order valence-corrected chi connectivity index (χ3v) is 4.97. The molecular weight excluding hydrogens is 346 g/mol. The number of fused-ring (bicyclic) bond motifs is 3. The van der Waals surface area contributed by atoms with Gasteiger partial charge in [0.2, 0.25) is 11.0 Å². The minimum atomic E-state index is -0.392. The monoisotopic (exact) mass is 365 g/mol. The number of anilines is 1. The number of para-hydroxylation sites is 1. The predicted octanol–water partition coefficient (Wildman–Crippen LogP) is 4.33. The second-order valence-electron chi connectivity index (χ2n) is 5.92. The van der Waals surface area contributed by atoms with Gasteiger partial charge >= 0.3 is 0 Å². The number of pyridine rings is 1. The lowest BCUT2D eigenvalue weighted by Crippen LogP contribution is -2.17. The molecule has 0 amide bonds. The summed E-state index contributed by atoms with van der Waals surface area (Å²) >= 11 is 1.61. The maximum absolute atomic E-state index is 6.19. The highest BCUT2D eigenvalue weighted by Crippen LogP contribution is 2.39. The van der Waals surface area contributed by atoms with Gasteiger partial charge in [0.05, 0.1) is 0 Å². The average Bonchev–Trinajstić information content (AvgIpc) is 2.85. The van der Waals surface area contributed by atoms with Crippen molar-refractivity contribution in [3.05, 3.63) is 54.4 Å². The highest BCUT2D eigenvalue weighted by molar-refractivity contribution is 7.99. The van der Waals surface area contributed by atoms with Gasteiger partial charge in [-0.3, -0.25) is 4.98 Å². The number of nitrogens with one attached hydrogen (secondary N) is 1. The Morgan fingerprint density at radius 3 is 2.92 bits per heavy atom. The molecule has 1 aliphatic heterocycles. The molecule has 4 rings (SSSR count). The Kier molecular flexibility index (Phi) is 4.97. The van der Waals surface area contributed by atoms with Crippen molar-refractivity contribution < 1.29 is 4.74 Å². The van der Waals surface area contributed by atoms with Gasteiger partial charge in [-0.15, -0.1) is 10.2 Å². The first-order valence-electron chi connectivity index (χ1n) is 8.65. The van der Waals surface area contributed by atoms with Crippen LogP contribution in [-0.2, 0) is 0 Å². The van der Waals surface area contributed by atoms with Crippen molar-refractivity contribution in [3.63, 3.8) is 0 Å². The van der Waals surface area contributed by atoms with E-state index in [1.165, 1.54) is 0 Å². The second kappa shape index (κ2) is 7.70. The molecule has 26 heavy (non-hydrogen) atoms. The van der Waals surface area contributed by atoms with E-state index in [1.807, 2.05) is 36.4 Å². The Labute approximate surface area is 156 Å². The second-order valence-corrected chi connectivity index (χ2v) is 6.99. The predicted molar refractivity (Wildman–Crippen MR) is 102 cm³/mol. The molecule has 0 radical (unpaired) electrons. The molecule has 0 aliphatic carbocycles. The fourth-order valence-electron chi connectivity index (χ4n) is 2.70. The minimum Gasteiger partial charge on any atom is -0.448 e. The number of unbranched alkanes of at least 4 members (excludes halogenated alkanes) is 1. The fourth-order valence-corrected chi connectivity index (χ4v) is 3.56. The molecule has 0 saturated heterocycles. The molecule has 3 aromatic rings. The van der Waals surface area contributed by atoms with Gasteiger partial charge in [0, 0.05) is 35.0 Å². The van der Waals surface area contributed by atoms with Gasteiger partial charge in [-0.25, -0.2) is 0 Å². The van der Waals surface area contributed by atoms with E-state index >= 15 is 0 Å². The summed E-state index contributed by atoms with van der Waals surface area (Å²) < 4.78 is 6.19. The van der Waals surface area contributed by atoms with Gasteiger partial charge in [-0.1, -0.05) is 49.4 Å². The van der Waals surface area contributed by atoms with Crippen LogP contribution in [0.4, 0.5) is 5.69 Å². The van der Waals surface area contributed by atoms with Crippen LogP contribution in [0.15, 0.2) is 53.9 Å². The lowest BCUT2D eigenvalue weighted by molar-refractivity contribution is 0.225. The molecule has 6 nitrogen and oxygen atoms in total. The average molecular weight is 365 g/mol. The quantitative estimate of drug-likeness (QED) is 0.533. The zero-order valence-electron chi connectivity index (χ0n) is 14.4. The van der Waals surface area contributed by atoms with E-state index in [9.17, 15) is 0 Å². The van der Waals surface area contributed by atoms with Crippen LogP contribution in [0.5, 0.6) is 5.88 Å². The molecule has 0 fully saturated rings. The molecule has 1 atom stereocenters. The number of thioether (sulfide) groups is 1. The number of ether oxygens (including phenoxy) is 1. The molecule has 1 aliphatic rings. The molecule has 1 unspecified atom stereocenters. The van der Waals surface area contributed by atoms with E-state index < -0.39 is 6.23 Å². The Balaban J connectivity index is 1.74. The number of rotatable bonds is 5. The van der Waals surface area contributed by atoms with Crippen molar-refractivity contribution in [1.29, 1.82) is 0 Å². The van der Waals surface area contributed by atoms with E-state index in [1.54, 1.807) is 24.2 Å². The highest BCUT2D eigenvalue weighted by atomic mass is 32.2. The van der Waals surface area contributed by atoms with Gasteiger partial charge in [0.15, 0.2) is 11.9 Å². The molecular formula is C19H19N5OS. The van der Waals surface area contributed by atoms with E-state index in [2.05, 4.69) is 32.4 Å². The van der Waals surface area contributed by atoms with Crippen molar-refractivity contribution in [2.45, 2.75) is 31.1 Å². The van der Waals surface area contributed by atoms with Crippen LogP contribution >= 0.6 is 11.8 Å². The maximum Gasteiger partial charge on any atom is 0.247 e. The van der Waals surface area contributed by atoms with Crippen molar-refractivity contribution in [2.75, 3.05) is 11.1 Å². The molecule has 132 valence electrons. The number of hydrogen-bond acceptors (Lipinski definition) is 7. The van der Waals surface area contributed by atoms with Crippen LogP contribution in [0.25, 0.3) is 11.3 Å². The first kappa shape index (κ1) is 16.8. The zero-order valence-corrected chi connectivity index (χ0v) is 15.2. The molecule has 7 heteroatoms. The van der Waals surface area contributed by atoms with E-state index in [4.69, 9.17) is 4.74 Å². The van der Waals surface area contributed by atoms with Crippen molar-refractivity contribution in [2.24, 2.45) is 0 Å². The summed E-state index contributed by atoms with van der Waals surface area (Å²) in [6.45, 7) is 2.17. The van der Waals surface area contributed by atoms with E-state index in [0.29, 0.717) is 16.7 Å². The summed E-state index contributed by atoms with van der Waals surface area (Å²) in [7, 11) is 0. The van der Waals surface area contributed by atoms with Crippen LogP contribution in [0, 0.1) is 0 Å². The van der Waals surface area contributed by atoms with Gasteiger partial charge < -0.3 is 10.1 Å². The number of hydrogen-bond donors (Lipinski definition) is 1. The number of benzene rings is 1. The lowest BCUT2D eigenvalue weighted by Gasteiger charge is -2.18. The summed E-state index contributed by atoms with van der Waals surface area (Å²) in [4.78, 5) is 8.82. The standard InChI is InChI=1S/C19H19N5OS/c1-2-3-11-26-19-22-18-16(23-24-19)14-8-4-5-9-15(14)21-17(25-18)13-7-6-10-20-12-13/h4-10,12,17,21H,2-3,11H2,1H3. The van der Waals surface area contributed by atoms with Crippen molar-refractivity contribution in [3.8, 4) is 17.1 Å². The topological polar surface area (TPSA) is 72.8 Å². The van der Waals surface area contributed by atoms with Gasteiger partial charge in [0.1, 0.15) is 0 Å². The molecule has 0 bridgehead atoms. The summed E-state index contributed by atoms with van der Waals surface area (Å²) in [5.74, 6) is 1.46. The third kappa shape index (κ3) is 3.48. The van der Waals surface area contributed by atoms with Crippen molar-refractivity contribution in [1.82, 2.24) is 20.2 Å². The largest absolute Gasteiger partial charge is 0.448 e. The minimum absolute atomic E-state index is 0.392. The van der Waals surface area contributed by atoms with Crippen LogP contribution < -0.4 is 10.1 Å². The van der Waals surface area contributed by atoms with Crippen LogP contribution in [-0.4, -0.2) is 25.9 Å². The lowest BCUT2D eigenvalue weighted by atomic mass is 10.1. The molecule has 3 heterocycles. The first-order valence-corrected chi connectivity index (χ1v) is 9.63. The summed E-state index contributed by atoms with van der Waals surface area (Å²) in [6.07, 6.45) is 5.40. The van der Waals surface area contributed by atoms with Crippen LogP contribution in [0.2, 0.25) is 0 Å². The molecule has 2 aromatic heterocycles. The SMILES string of the molecule is CCCCSc1nnc2c(n1)OC(c1cccnc1)Nc1ccccc1-2. The summed E-state index contributed by atoms with van der Waals surface area (Å²) in [6, 6.07) is 11.8. The fraction of sp³-hybridized carbons (Fsp3) is 0.263.